The summed E-state index contributed by atoms with van der Waals surface area (Å²) in [5.41, 5.74) is 6.55. The molecule has 0 radical (unpaired) electrons. The lowest BCUT2D eigenvalue weighted by atomic mass is 10.2. The normalized spacial score (nSPS) is 9.92. The molecule has 3 heteroatoms. The lowest BCUT2D eigenvalue weighted by Crippen LogP contribution is -2.09. The molecule has 0 aliphatic rings. The number of rotatable bonds is 4. The zero-order valence-electron chi connectivity index (χ0n) is 7.71. The highest BCUT2D eigenvalue weighted by molar-refractivity contribution is 7.99. The third-order valence-electron chi connectivity index (χ3n) is 1.72. The first-order chi connectivity index (χ1) is 6.20. The lowest BCUT2D eigenvalue weighted by molar-refractivity contribution is 1.21. The Hall–Kier alpha value is -0.960. The van der Waals surface area contributed by atoms with Gasteiger partial charge in [-0.25, -0.2) is 0 Å². The molecule has 2 nitrogen and oxygen atoms in total. The second-order valence-electron chi connectivity index (χ2n) is 2.89. The lowest BCUT2D eigenvalue weighted by Gasteiger charge is -2.03. The molecule has 1 rings (SSSR count). The summed E-state index contributed by atoms with van der Waals surface area (Å²) in [6, 6.07) is 8.25. The van der Waals surface area contributed by atoms with Crippen LogP contribution >= 0.6 is 11.8 Å². The molecule has 0 saturated carbocycles. The summed E-state index contributed by atoms with van der Waals surface area (Å²) in [5.74, 6) is 1.15. The average Bonchev–Trinajstić information content (AvgIpc) is 2.08. The van der Waals surface area contributed by atoms with Gasteiger partial charge in [0.2, 0.25) is 0 Å². The summed E-state index contributed by atoms with van der Waals surface area (Å²) in [5, 5.41) is 7.08. The van der Waals surface area contributed by atoms with Crippen LogP contribution in [0, 0.1) is 12.3 Å². The number of nitrogens with one attached hydrogen (secondary N) is 1. The SMILES string of the molecule is Cc1ccccc1SCCC(=N)N. The quantitative estimate of drug-likeness (QED) is 0.439. The first-order valence-corrected chi connectivity index (χ1v) is 5.20. The van der Waals surface area contributed by atoms with Gasteiger partial charge in [-0.1, -0.05) is 18.2 Å². The number of benzene rings is 1. The van der Waals surface area contributed by atoms with E-state index < -0.39 is 0 Å². The third kappa shape index (κ3) is 3.51. The van der Waals surface area contributed by atoms with E-state index in [0.717, 1.165) is 5.75 Å². The van der Waals surface area contributed by atoms with E-state index in [-0.39, 0.29) is 5.84 Å². The topological polar surface area (TPSA) is 49.9 Å². The molecular formula is C10H14N2S. The molecule has 0 aromatic heterocycles. The van der Waals surface area contributed by atoms with Crippen LogP contribution in [0.25, 0.3) is 0 Å². The summed E-state index contributed by atoms with van der Waals surface area (Å²) >= 11 is 1.75. The molecule has 1 aromatic rings. The summed E-state index contributed by atoms with van der Waals surface area (Å²) in [6.07, 6.45) is 0.666. The summed E-state index contributed by atoms with van der Waals surface area (Å²) in [4.78, 5) is 1.28. The molecule has 0 bridgehead atoms. The second kappa shape index (κ2) is 4.92. The number of thioether (sulfide) groups is 1. The fourth-order valence-electron chi connectivity index (χ4n) is 0.989. The first kappa shape index (κ1) is 10.1. The molecule has 0 fully saturated rings. The Labute approximate surface area is 83.0 Å². The van der Waals surface area contributed by atoms with Crippen molar-refractivity contribution in [2.24, 2.45) is 5.73 Å². The van der Waals surface area contributed by atoms with Crippen molar-refractivity contribution in [2.75, 3.05) is 5.75 Å². The largest absolute Gasteiger partial charge is 0.388 e. The fourth-order valence-corrected chi connectivity index (χ4v) is 2.00. The van der Waals surface area contributed by atoms with E-state index in [1.165, 1.54) is 10.5 Å². The Morgan fingerprint density at radius 3 is 2.77 bits per heavy atom. The third-order valence-corrected chi connectivity index (χ3v) is 2.90. The monoisotopic (exact) mass is 194 g/mol. The Bertz CT molecular complexity index is 297. The van der Waals surface area contributed by atoms with Crippen LogP contribution < -0.4 is 5.73 Å². The Kier molecular flexibility index (Phi) is 3.83. The van der Waals surface area contributed by atoms with Gasteiger partial charge in [0.15, 0.2) is 0 Å². The maximum Gasteiger partial charge on any atom is 0.0913 e. The number of aryl methyl sites for hydroxylation is 1. The van der Waals surface area contributed by atoms with Crippen molar-refractivity contribution in [1.82, 2.24) is 0 Å². The zero-order chi connectivity index (χ0) is 9.68. The predicted molar refractivity (Wildman–Crippen MR) is 58.4 cm³/mol. The Morgan fingerprint density at radius 2 is 2.15 bits per heavy atom. The molecule has 0 aliphatic carbocycles. The van der Waals surface area contributed by atoms with Crippen molar-refractivity contribution in [1.29, 1.82) is 5.41 Å². The van der Waals surface area contributed by atoms with Crippen LogP contribution in [-0.4, -0.2) is 11.6 Å². The number of hydrogen-bond acceptors (Lipinski definition) is 2. The van der Waals surface area contributed by atoms with E-state index in [9.17, 15) is 0 Å². The van der Waals surface area contributed by atoms with Crippen LogP contribution in [0.5, 0.6) is 0 Å². The van der Waals surface area contributed by atoms with E-state index in [0.29, 0.717) is 6.42 Å². The Balaban J connectivity index is 2.45. The second-order valence-corrected chi connectivity index (χ2v) is 4.03. The molecule has 1 aromatic carbocycles. The van der Waals surface area contributed by atoms with Crippen LogP contribution in [-0.2, 0) is 0 Å². The summed E-state index contributed by atoms with van der Waals surface area (Å²) in [7, 11) is 0. The van der Waals surface area contributed by atoms with Crippen LogP contribution in [0.2, 0.25) is 0 Å². The number of hydrogen-bond donors (Lipinski definition) is 2. The van der Waals surface area contributed by atoms with E-state index in [2.05, 4.69) is 19.1 Å². The molecule has 0 amide bonds. The number of amidine groups is 1. The van der Waals surface area contributed by atoms with Crippen molar-refractivity contribution in [3.8, 4) is 0 Å². The van der Waals surface area contributed by atoms with Gasteiger partial charge in [-0.15, -0.1) is 11.8 Å². The van der Waals surface area contributed by atoms with Gasteiger partial charge in [0.05, 0.1) is 5.84 Å². The van der Waals surface area contributed by atoms with Crippen molar-refractivity contribution in [3.05, 3.63) is 29.8 Å². The molecule has 0 heterocycles. The van der Waals surface area contributed by atoms with Crippen molar-refractivity contribution in [3.63, 3.8) is 0 Å². The fraction of sp³-hybridized carbons (Fsp3) is 0.300. The van der Waals surface area contributed by atoms with E-state index in [4.69, 9.17) is 11.1 Å². The smallest absolute Gasteiger partial charge is 0.0913 e. The summed E-state index contributed by atoms with van der Waals surface area (Å²) < 4.78 is 0. The van der Waals surface area contributed by atoms with Gasteiger partial charge < -0.3 is 5.73 Å². The van der Waals surface area contributed by atoms with Gasteiger partial charge in [0.25, 0.3) is 0 Å². The van der Waals surface area contributed by atoms with Crippen molar-refractivity contribution in [2.45, 2.75) is 18.2 Å². The predicted octanol–water partition coefficient (Wildman–Crippen LogP) is 2.41. The minimum absolute atomic E-state index is 0.265. The van der Waals surface area contributed by atoms with Crippen molar-refractivity contribution < 1.29 is 0 Å². The minimum Gasteiger partial charge on any atom is -0.388 e. The van der Waals surface area contributed by atoms with Gasteiger partial charge in [0.1, 0.15) is 0 Å². The van der Waals surface area contributed by atoms with E-state index >= 15 is 0 Å². The molecule has 0 atom stereocenters. The first-order valence-electron chi connectivity index (χ1n) is 4.21. The van der Waals surface area contributed by atoms with Crippen LogP contribution in [0.3, 0.4) is 0 Å². The molecule has 0 saturated heterocycles. The molecule has 3 N–H and O–H groups in total. The molecule has 0 unspecified atom stereocenters. The molecular weight excluding hydrogens is 180 g/mol. The highest BCUT2D eigenvalue weighted by Gasteiger charge is 1.97. The van der Waals surface area contributed by atoms with Crippen molar-refractivity contribution >= 4 is 17.6 Å². The highest BCUT2D eigenvalue weighted by atomic mass is 32.2. The maximum absolute atomic E-state index is 7.08. The zero-order valence-corrected chi connectivity index (χ0v) is 8.53. The van der Waals surface area contributed by atoms with Gasteiger partial charge >= 0.3 is 0 Å². The van der Waals surface area contributed by atoms with Crippen LogP contribution in [0.15, 0.2) is 29.2 Å². The number of nitrogens with two attached hydrogens (primary N) is 1. The van der Waals surface area contributed by atoms with Gasteiger partial charge in [0, 0.05) is 17.1 Å². The Morgan fingerprint density at radius 1 is 1.46 bits per heavy atom. The molecule has 70 valence electrons. The average molecular weight is 194 g/mol. The molecule has 0 aliphatic heterocycles. The summed E-state index contributed by atoms with van der Waals surface area (Å²) in [6.45, 7) is 2.09. The van der Waals surface area contributed by atoms with E-state index in [1.54, 1.807) is 11.8 Å². The minimum atomic E-state index is 0.265. The standard InChI is InChI=1S/C10H14N2S/c1-8-4-2-3-5-9(8)13-7-6-10(11)12/h2-5H,6-7H2,1H3,(H3,11,12). The van der Waals surface area contributed by atoms with Gasteiger partial charge in [-0.05, 0) is 18.6 Å². The van der Waals surface area contributed by atoms with Gasteiger partial charge in [-0.2, -0.15) is 0 Å². The molecule has 13 heavy (non-hydrogen) atoms. The molecule has 0 spiro atoms. The van der Waals surface area contributed by atoms with Gasteiger partial charge in [-0.3, -0.25) is 5.41 Å². The van der Waals surface area contributed by atoms with Crippen LogP contribution in [0.1, 0.15) is 12.0 Å². The van der Waals surface area contributed by atoms with E-state index in [1.807, 2.05) is 12.1 Å². The highest BCUT2D eigenvalue weighted by Crippen LogP contribution is 2.21. The van der Waals surface area contributed by atoms with Crippen LogP contribution in [0.4, 0.5) is 0 Å². The maximum atomic E-state index is 7.08.